The van der Waals surface area contributed by atoms with Gasteiger partial charge in [-0.3, -0.25) is 14.5 Å². The van der Waals surface area contributed by atoms with Crippen molar-refractivity contribution in [3.05, 3.63) is 34.7 Å². The summed E-state index contributed by atoms with van der Waals surface area (Å²) < 4.78 is 5.04. The van der Waals surface area contributed by atoms with Crippen LogP contribution in [0.25, 0.3) is 6.08 Å². The maximum absolute atomic E-state index is 11.6. The number of rotatable bonds is 2. The predicted molar refractivity (Wildman–Crippen MR) is 66.7 cm³/mol. The number of imide groups is 1. The molecular weight excluding hydrogens is 238 g/mol. The Morgan fingerprint density at radius 3 is 2.35 bits per heavy atom. The minimum atomic E-state index is -0.254. The van der Waals surface area contributed by atoms with Crippen molar-refractivity contribution in [3.63, 3.8) is 0 Å². The Morgan fingerprint density at radius 2 is 1.88 bits per heavy atom. The first-order chi connectivity index (χ1) is 8.11. The number of nitrogens with zero attached hydrogens (tertiary/aromatic N) is 1. The van der Waals surface area contributed by atoms with Gasteiger partial charge in [0, 0.05) is 7.05 Å². The van der Waals surface area contributed by atoms with Gasteiger partial charge in [0.25, 0.3) is 11.1 Å². The van der Waals surface area contributed by atoms with Gasteiger partial charge in [-0.25, -0.2) is 0 Å². The molecule has 0 spiro atoms. The highest BCUT2D eigenvalue weighted by Gasteiger charge is 2.31. The van der Waals surface area contributed by atoms with Gasteiger partial charge in [0.1, 0.15) is 5.75 Å². The standard InChI is InChI=1S/C12H11NO3S/c1-13-11(14)10(17-12(13)15)7-8-3-5-9(16-2)6-4-8/h3-7H,1-2H3. The summed E-state index contributed by atoms with van der Waals surface area (Å²) in [5.74, 6) is 0.501. The predicted octanol–water partition coefficient (Wildman–Crippen LogP) is 2.36. The molecule has 1 aliphatic heterocycles. The van der Waals surface area contributed by atoms with Crippen LogP contribution in [0.4, 0.5) is 4.79 Å². The van der Waals surface area contributed by atoms with Gasteiger partial charge < -0.3 is 4.74 Å². The van der Waals surface area contributed by atoms with Crippen LogP contribution in [0.1, 0.15) is 5.56 Å². The Bertz CT molecular complexity index is 493. The first-order valence-electron chi connectivity index (χ1n) is 4.97. The van der Waals surface area contributed by atoms with E-state index in [0.29, 0.717) is 4.91 Å². The lowest BCUT2D eigenvalue weighted by Crippen LogP contribution is -2.22. The number of methoxy groups -OCH3 is 1. The quantitative estimate of drug-likeness (QED) is 0.755. The van der Waals surface area contributed by atoms with Gasteiger partial charge in [0.15, 0.2) is 0 Å². The molecule has 4 nitrogen and oxygen atoms in total. The highest BCUT2D eigenvalue weighted by molar-refractivity contribution is 8.18. The summed E-state index contributed by atoms with van der Waals surface area (Å²) in [6, 6.07) is 7.29. The average molecular weight is 249 g/mol. The number of ether oxygens (including phenoxy) is 1. The monoisotopic (exact) mass is 249 g/mol. The van der Waals surface area contributed by atoms with Crippen LogP contribution >= 0.6 is 11.8 Å². The van der Waals surface area contributed by atoms with E-state index in [9.17, 15) is 9.59 Å². The third-order valence-electron chi connectivity index (χ3n) is 2.40. The molecule has 1 heterocycles. The van der Waals surface area contributed by atoms with Crippen molar-refractivity contribution in [1.29, 1.82) is 0 Å². The van der Waals surface area contributed by atoms with Crippen LogP contribution in [-0.2, 0) is 4.79 Å². The van der Waals surface area contributed by atoms with Gasteiger partial charge in [-0.05, 0) is 35.5 Å². The number of carbonyl (C=O) groups excluding carboxylic acids is 2. The second-order valence-electron chi connectivity index (χ2n) is 3.51. The summed E-state index contributed by atoms with van der Waals surface area (Å²) in [7, 11) is 3.07. The van der Waals surface area contributed by atoms with Crippen molar-refractivity contribution in [3.8, 4) is 5.75 Å². The zero-order valence-electron chi connectivity index (χ0n) is 9.47. The smallest absolute Gasteiger partial charge is 0.293 e. The molecule has 0 atom stereocenters. The zero-order chi connectivity index (χ0) is 12.4. The van der Waals surface area contributed by atoms with E-state index >= 15 is 0 Å². The van der Waals surface area contributed by atoms with Crippen LogP contribution in [0.5, 0.6) is 5.75 Å². The van der Waals surface area contributed by atoms with Crippen LogP contribution in [0, 0.1) is 0 Å². The van der Waals surface area contributed by atoms with Crippen molar-refractivity contribution in [2.45, 2.75) is 0 Å². The highest BCUT2D eigenvalue weighted by atomic mass is 32.2. The van der Waals surface area contributed by atoms with E-state index in [1.165, 1.54) is 7.05 Å². The molecule has 0 unspecified atom stereocenters. The third kappa shape index (κ3) is 2.34. The lowest BCUT2D eigenvalue weighted by atomic mass is 10.2. The van der Waals surface area contributed by atoms with E-state index in [1.807, 2.05) is 24.3 Å². The van der Waals surface area contributed by atoms with Crippen molar-refractivity contribution >= 4 is 29.0 Å². The van der Waals surface area contributed by atoms with Gasteiger partial charge in [-0.15, -0.1) is 0 Å². The lowest BCUT2D eigenvalue weighted by molar-refractivity contribution is -0.121. The molecular formula is C12H11NO3S. The van der Waals surface area contributed by atoms with Gasteiger partial charge in [-0.2, -0.15) is 0 Å². The molecule has 1 aromatic rings. The molecule has 1 saturated heterocycles. The van der Waals surface area contributed by atoms with E-state index in [0.717, 1.165) is 28.0 Å². The zero-order valence-corrected chi connectivity index (χ0v) is 10.3. The van der Waals surface area contributed by atoms with Gasteiger partial charge >= 0.3 is 0 Å². The molecule has 0 saturated carbocycles. The molecule has 88 valence electrons. The topological polar surface area (TPSA) is 46.6 Å². The summed E-state index contributed by atoms with van der Waals surface area (Å²) >= 11 is 0.954. The number of carbonyl (C=O) groups is 2. The Labute approximate surface area is 103 Å². The molecule has 0 radical (unpaired) electrons. The molecule has 2 amide bonds. The minimum absolute atomic E-state index is 0.241. The number of hydrogen-bond donors (Lipinski definition) is 0. The summed E-state index contributed by atoms with van der Waals surface area (Å²) in [6.45, 7) is 0. The number of amides is 2. The van der Waals surface area contributed by atoms with E-state index in [4.69, 9.17) is 4.74 Å². The minimum Gasteiger partial charge on any atom is -0.497 e. The molecule has 0 aliphatic carbocycles. The molecule has 1 aromatic carbocycles. The molecule has 0 N–H and O–H groups in total. The molecule has 2 rings (SSSR count). The fourth-order valence-electron chi connectivity index (χ4n) is 1.40. The van der Waals surface area contributed by atoms with Crippen LogP contribution in [-0.4, -0.2) is 30.2 Å². The van der Waals surface area contributed by atoms with Crippen LogP contribution in [0.2, 0.25) is 0 Å². The first kappa shape index (κ1) is 11.7. The van der Waals surface area contributed by atoms with Crippen LogP contribution < -0.4 is 4.74 Å². The van der Waals surface area contributed by atoms with Crippen molar-refractivity contribution < 1.29 is 14.3 Å². The fraction of sp³-hybridized carbons (Fsp3) is 0.167. The largest absolute Gasteiger partial charge is 0.497 e. The molecule has 17 heavy (non-hydrogen) atoms. The normalized spacial score (nSPS) is 18.0. The number of hydrogen-bond acceptors (Lipinski definition) is 4. The summed E-state index contributed by atoms with van der Waals surface area (Å²) in [4.78, 5) is 24.5. The summed E-state index contributed by atoms with van der Waals surface area (Å²) in [5.41, 5.74) is 0.866. The van der Waals surface area contributed by atoms with E-state index in [-0.39, 0.29) is 11.1 Å². The number of thioether (sulfide) groups is 1. The van der Waals surface area contributed by atoms with Crippen molar-refractivity contribution in [1.82, 2.24) is 4.90 Å². The SMILES string of the molecule is COc1ccc(C=C2SC(=O)N(C)C2=O)cc1. The fourth-order valence-corrected chi connectivity index (χ4v) is 2.22. The van der Waals surface area contributed by atoms with Gasteiger partial charge in [0.2, 0.25) is 0 Å². The molecule has 1 aliphatic rings. The Morgan fingerprint density at radius 1 is 1.24 bits per heavy atom. The van der Waals surface area contributed by atoms with E-state index in [1.54, 1.807) is 13.2 Å². The maximum atomic E-state index is 11.6. The Kier molecular flexibility index (Phi) is 3.19. The Balaban J connectivity index is 2.24. The van der Waals surface area contributed by atoms with Crippen LogP contribution in [0.15, 0.2) is 29.2 Å². The van der Waals surface area contributed by atoms with Crippen molar-refractivity contribution in [2.24, 2.45) is 0 Å². The summed E-state index contributed by atoms with van der Waals surface area (Å²) in [6.07, 6.45) is 1.70. The second-order valence-corrected chi connectivity index (χ2v) is 4.51. The van der Waals surface area contributed by atoms with Gasteiger partial charge in [0.05, 0.1) is 12.0 Å². The van der Waals surface area contributed by atoms with E-state index in [2.05, 4.69) is 0 Å². The molecule has 1 fully saturated rings. The highest BCUT2D eigenvalue weighted by Crippen LogP contribution is 2.31. The van der Waals surface area contributed by atoms with Crippen molar-refractivity contribution in [2.75, 3.05) is 14.2 Å². The third-order valence-corrected chi connectivity index (χ3v) is 3.36. The first-order valence-corrected chi connectivity index (χ1v) is 5.79. The average Bonchev–Trinajstić information content (AvgIpc) is 2.58. The van der Waals surface area contributed by atoms with Gasteiger partial charge in [-0.1, -0.05) is 12.1 Å². The van der Waals surface area contributed by atoms with E-state index < -0.39 is 0 Å². The maximum Gasteiger partial charge on any atom is 0.293 e. The van der Waals surface area contributed by atoms with Crippen LogP contribution in [0.3, 0.4) is 0 Å². The molecule has 0 aromatic heterocycles. The second kappa shape index (κ2) is 4.63. The lowest BCUT2D eigenvalue weighted by Gasteiger charge is -2.01. The number of benzene rings is 1. The Hall–Kier alpha value is -1.75. The number of likely N-dealkylation sites (N-methyl/N-ethyl adjacent to an activating group) is 1. The molecule has 5 heteroatoms. The summed E-state index contributed by atoms with van der Waals surface area (Å²) in [5, 5.41) is -0.241. The molecule has 0 bridgehead atoms.